The number of nitrogens with zero attached hydrogens (tertiary/aromatic N) is 1. The minimum atomic E-state index is -0.523. The molecular weight excluding hydrogens is 384 g/mol. The second-order valence-electron chi connectivity index (χ2n) is 7.84. The molecule has 0 aliphatic carbocycles. The fraction of sp³-hybridized carbons (Fsp3) is 0.417. The lowest BCUT2D eigenvalue weighted by Gasteiger charge is -2.31. The lowest BCUT2D eigenvalue weighted by atomic mass is 10.1. The van der Waals surface area contributed by atoms with E-state index in [1.807, 2.05) is 70.2 Å². The number of hydrogen-bond donors (Lipinski definition) is 1. The van der Waals surface area contributed by atoms with Crippen molar-refractivity contribution < 1.29 is 9.59 Å². The third kappa shape index (κ3) is 6.90. The SMILES string of the molecule is CC[C@@H](C(=O)NCC(C)C)N(Cc1ccc(C)cc1)C(=O)Cc1ccccc1Cl. The second kappa shape index (κ2) is 11.0. The Morgan fingerprint density at radius 3 is 2.31 bits per heavy atom. The summed E-state index contributed by atoms with van der Waals surface area (Å²) >= 11 is 6.26. The van der Waals surface area contributed by atoms with Crippen LogP contribution < -0.4 is 5.32 Å². The number of hydrogen-bond acceptors (Lipinski definition) is 2. The summed E-state index contributed by atoms with van der Waals surface area (Å²) in [5, 5.41) is 3.54. The van der Waals surface area contributed by atoms with Crippen LogP contribution in [-0.4, -0.2) is 29.3 Å². The van der Waals surface area contributed by atoms with E-state index in [0.29, 0.717) is 30.5 Å². The highest BCUT2D eigenvalue weighted by Crippen LogP contribution is 2.19. The largest absolute Gasteiger partial charge is 0.354 e. The summed E-state index contributed by atoms with van der Waals surface area (Å²) in [5.41, 5.74) is 2.92. The number of aryl methyl sites for hydroxylation is 1. The number of nitrogens with one attached hydrogen (secondary N) is 1. The summed E-state index contributed by atoms with van der Waals surface area (Å²) in [6.45, 7) is 9.04. The molecule has 0 spiro atoms. The van der Waals surface area contributed by atoms with Crippen molar-refractivity contribution in [2.24, 2.45) is 5.92 Å². The van der Waals surface area contributed by atoms with Gasteiger partial charge in [0.25, 0.3) is 0 Å². The van der Waals surface area contributed by atoms with Gasteiger partial charge in [-0.05, 0) is 36.5 Å². The lowest BCUT2D eigenvalue weighted by molar-refractivity contribution is -0.141. The first-order valence-electron chi connectivity index (χ1n) is 10.2. The van der Waals surface area contributed by atoms with Gasteiger partial charge in [-0.1, -0.05) is 80.4 Å². The van der Waals surface area contributed by atoms with Gasteiger partial charge in [-0.15, -0.1) is 0 Å². The lowest BCUT2D eigenvalue weighted by Crippen LogP contribution is -2.50. The molecule has 0 fully saturated rings. The third-order valence-corrected chi connectivity index (χ3v) is 5.21. The summed E-state index contributed by atoms with van der Waals surface area (Å²) < 4.78 is 0. The number of halogens is 1. The van der Waals surface area contributed by atoms with E-state index in [-0.39, 0.29) is 18.2 Å². The zero-order valence-electron chi connectivity index (χ0n) is 17.7. The molecule has 1 N–H and O–H groups in total. The molecule has 0 aromatic heterocycles. The highest BCUT2D eigenvalue weighted by Gasteiger charge is 2.28. The summed E-state index contributed by atoms with van der Waals surface area (Å²) in [7, 11) is 0. The Morgan fingerprint density at radius 2 is 1.72 bits per heavy atom. The molecule has 2 aromatic carbocycles. The monoisotopic (exact) mass is 414 g/mol. The first-order valence-corrected chi connectivity index (χ1v) is 10.6. The summed E-state index contributed by atoms with van der Waals surface area (Å²) in [6, 6.07) is 14.9. The topological polar surface area (TPSA) is 49.4 Å². The third-order valence-electron chi connectivity index (χ3n) is 4.84. The average Bonchev–Trinajstić information content (AvgIpc) is 2.69. The Morgan fingerprint density at radius 1 is 1.07 bits per heavy atom. The first-order chi connectivity index (χ1) is 13.8. The maximum atomic E-state index is 13.3. The zero-order valence-corrected chi connectivity index (χ0v) is 18.5. The smallest absolute Gasteiger partial charge is 0.242 e. The van der Waals surface area contributed by atoms with E-state index >= 15 is 0 Å². The normalized spacial score (nSPS) is 11.9. The molecule has 0 bridgehead atoms. The standard InChI is InChI=1S/C24H31ClN2O2/c1-5-22(24(29)26-15-17(2)3)27(16-19-12-10-18(4)11-13-19)23(28)14-20-8-6-7-9-21(20)25/h6-13,17,22H,5,14-16H2,1-4H3,(H,26,29)/t22-/m0/s1. The first kappa shape index (κ1) is 23.0. The molecular formula is C24H31ClN2O2. The van der Waals surface area contributed by atoms with Gasteiger partial charge in [0.1, 0.15) is 6.04 Å². The van der Waals surface area contributed by atoms with Crippen LogP contribution in [0.15, 0.2) is 48.5 Å². The van der Waals surface area contributed by atoms with Gasteiger partial charge < -0.3 is 10.2 Å². The van der Waals surface area contributed by atoms with Crippen molar-refractivity contribution >= 4 is 23.4 Å². The molecule has 2 rings (SSSR count). The van der Waals surface area contributed by atoms with Crippen molar-refractivity contribution in [3.63, 3.8) is 0 Å². The van der Waals surface area contributed by atoms with Crippen molar-refractivity contribution in [3.05, 3.63) is 70.2 Å². The molecule has 0 saturated carbocycles. The molecule has 0 aliphatic heterocycles. The molecule has 29 heavy (non-hydrogen) atoms. The van der Waals surface area contributed by atoms with Gasteiger partial charge in [-0.2, -0.15) is 0 Å². The number of rotatable bonds is 9. The fourth-order valence-electron chi connectivity index (χ4n) is 3.14. The maximum Gasteiger partial charge on any atom is 0.242 e. The van der Waals surface area contributed by atoms with Crippen LogP contribution in [0.3, 0.4) is 0 Å². The van der Waals surface area contributed by atoms with E-state index < -0.39 is 6.04 Å². The van der Waals surface area contributed by atoms with Gasteiger partial charge in [0, 0.05) is 18.1 Å². The van der Waals surface area contributed by atoms with E-state index in [1.54, 1.807) is 11.0 Å². The van der Waals surface area contributed by atoms with Crippen LogP contribution in [0, 0.1) is 12.8 Å². The van der Waals surface area contributed by atoms with Crippen molar-refractivity contribution in [1.82, 2.24) is 10.2 Å². The average molecular weight is 415 g/mol. The van der Waals surface area contributed by atoms with E-state index in [0.717, 1.165) is 16.7 Å². The van der Waals surface area contributed by atoms with E-state index in [9.17, 15) is 9.59 Å². The van der Waals surface area contributed by atoms with Gasteiger partial charge in [0.2, 0.25) is 11.8 Å². The molecule has 0 radical (unpaired) electrons. The Hall–Kier alpha value is -2.33. The number of carbonyl (C=O) groups is 2. The van der Waals surface area contributed by atoms with Crippen LogP contribution in [0.4, 0.5) is 0 Å². The Bertz CT molecular complexity index is 818. The Labute approximate surface area is 179 Å². The molecule has 1 atom stereocenters. The predicted molar refractivity (Wildman–Crippen MR) is 119 cm³/mol. The van der Waals surface area contributed by atoms with Crippen LogP contribution >= 0.6 is 11.6 Å². The molecule has 0 unspecified atom stereocenters. The van der Waals surface area contributed by atoms with Gasteiger partial charge in [0.15, 0.2) is 0 Å². The fourth-order valence-corrected chi connectivity index (χ4v) is 3.34. The molecule has 0 heterocycles. The van der Waals surface area contributed by atoms with Crippen LogP contribution in [0.5, 0.6) is 0 Å². The van der Waals surface area contributed by atoms with Crippen molar-refractivity contribution in [2.75, 3.05) is 6.54 Å². The summed E-state index contributed by atoms with van der Waals surface area (Å²) in [5.74, 6) is 0.131. The molecule has 156 valence electrons. The van der Waals surface area contributed by atoms with Crippen LogP contribution in [-0.2, 0) is 22.6 Å². The van der Waals surface area contributed by atoms with E-state index in [1.165, 1.54) is 0 Å². The van der Waals surface area contributed by atoms with Gasteiger partial charge >= 0.3 is 0 Å². The van der Waals surface area contributed by atoms with Crippen molar-refractivity contribution in [1.29, 1.82) is 0 Å². The van der Waals surface area contributed by atoms with Gasteiger partial charge in [0.05, 0.1) is 6.42 Å². The minimum absolute atomic E-state index is 0.106. The Kier molecular flexibility index (Phi) is 8.71. The highest BCUT2D eigenvalue weighted by atomic mass is 35.5. The van der Waals surface area contributed by atoms with E-state index in [2.05, 4.69) is 5.32 Å². The number of carbonyl (C=O) groups excluding carboxylic acids is 2. The highest BCUT2D eigenvalue weighted by molar-refractivity contribution is 6.31. The van der Waals surface area contributed by atoms with E-state index in [4.69, 9.17) is 11.6 Å². The second-order valence-corrected chi connectivity index (χ2v) is 8.25. The predicted octanol–water partition coefficient (Wildman–Crippen LogP) is 4.77. The van der Waals surface area contributed by atoms with Crippen LogP contribution in [0.25, 0.3) is 0 Å². The molecule has 4 nitrogen and oxygen atoms in total. The van der Waals surface area contributed by atoms with Crippen LogP contribution in [0.2, 0.25) is 5.02 Å². The molecule has 5 heteroatoms. The van der Waals surface area contributed by atoms with Gasteiger partial charge in [-0.25, -0.2) is 0 Å². The number of amides is 2. The molecule has 0 saturated heterocycles. The minimum Gasteiger partial charge on any atom is -0.354 e. The maximum absolute atomic E-state index is 13.3. The van der Waals surface area contributed by atoms with Crippen molar-refractivity contribution in [2.45, 2.75) is 53.1 Å². The Balaban J connectivity index is 2.27. The van der Waals surface area contributed by atoms with Gasteiger partial charge in [-0.3, -0.25) is 9.59 Å². The number of benzene rings is 2. The molecule has 2 aromatic rings. The zero-order chi connectivity index (χ0) is 21.4. The summed E-state index contributed by atoms with van der Waals surface area (Å²) in [4.78, 5) is 27.8. The molecule has 0 aliphatic rings. The van der Waals surface area contributed by atoms with Crippen molar-refractivity contribution in [3.8, 4) is 0 Å². The quantitative estimate of drug-likeness (QED) is 0.642. The molecule has 2 amide bonds. The van der Waals surface area contributed by atoms with Crippen LogP contribution in [0.1, 0.15) is 43.9 Å². The summed E-state index contributed by atoms with van der Waals surface area (Å²) in [6.07, 6.45) is 0.712.